The Bertz CT molecular complexity index is 545. The Labute approximate surface area is 111 Å². The van der Waals surface area contributed by atoms with Crippen molar-refractivity contribution >= 4 is 5.91 Å². The summed E-state index contributed by atoms with van der Waals surface area (Å²) in [6.07, 6.45) is 1.81. The smallest absolute Gasteiger partial charge is 0.222 e. The van der Waals surface area contributed by atoms with Gasteiger partial charge in [-0.05, 0) is 26.8 Å². The summed E-state index contributed by atoms with van der Waals surface area (Å²) in [6, 6.07) is 1.82. The predicted octanol–water partition coefficient (Wildman–Crippen LogP) is 0.886. The van der Waals surface area contributed by atoms with Gasteiger partial charge in [0.05, 0.1) is 11.7 Å². The second kappa shape index (κ2) is 5.64. The number of carbonyl (C=O) groups excluding carboxylic acids is 1. The van der Waals surface area contributed by atoms with Crippen LogP contribution in [-0.4, -0.2) is 30.9 Å². The molecule has 102 valence electrons. The van der Waals surface area contributed by atoms with Gasteiger partial charge >= 0.3 is 0 Å². The summed E-state index contributed by atoms with van der Waals surface area (Å²) in [5.41, 5.74) is 2.03. The second-order valence-electron chi connectivity index (χ2n) is 4.56. The molecule has 0 radical (unpaired) electrons. The molecule has 2 aromatic heterocycles. The molecular formula is C12H18N6O. The summed E-state index contributed by atoms with van der Waals surface area (Å²) >= 11 is 0. The van der Waals surface area contributed by atoms with E-state index in [0.717, 1.165) is 11.4 Å². The molecule has 2 heterocycles. The first kappa shape index (κ1) is 13.3. The number of amides is 1. The topological polar surface area (TPSA) is 88.5 Å². The van der Waals surface area contributed by atoms with E-state index in [2.05, 4.69) is 25.6 Å². The summed E-state index contributed by atoms with van der Waals surface area (Å²) in [7, 11) is 0. The zero-order valence-electron chi connectivity index (χ0n) is 11.3. The fraction of sp³-hybridized carbons (Fsp3) is 0.500. The van der Waals surface area contributed by atoms with E-state index in [0.29, 0.717) is 18.8 Å². The van der Waals surface area contributed by atoms with Gasteiger partial charge in [0, 0.05) is 18.7 Å². The van der Waals surface area contributed by atoms with Crippen LogP contribution in [0.4, 0.5) is 0 Å². The van der Waals surface area contributed by atoms with Gasteiger partial charge in [0.1, 0.15) is 12.2 Å². The van der Waals surface area contributed by atoms with Crippen LogP contribution in [0, 0.1) is 13.8 Å². The molecule has 0 aliphatic rings. The van der Waals surface area contributed by atoms with E-state index in [9.17, 15) is 4.79 Å². The minimum Gasteiger partial charge on any atom is -0.346 e. The quantitative estimate of drug-likeness (QED) is 0.837. The molecule has 0 bridgehead atoms. The van der Waals surface area contributed by atoms with Crippen LogP contribution in [-0.2, 0) is 11.3 Å². The predicted molar refractivity (Wildman–Crippen MR) is 69.3 cm³/mol. The highest BCUT2D eigenvalue weighted by Gasteiger charge is 2.12. The van der Waals surface area contributed by atoms with E-state index in [1.165, 1.54) is 6.33 Å². The number of hydrogen-bond donors (Lipinski definition) is 2. The molecule has 0 saturated carbocycles. The average Bonchev–Trinajstić information content (AvgIpc) is 2.96. The van der Waals surface area contributed by atoms with Gasteiger partial charge in [0.25, 0.3) is 0 Å². The van der Waals surface area contributed by atoms with E-state index >= 15 is 0 Å². The fourth-order valence-corrected chi connectivity index (χ4v) is 1.91. The molecule has 7 heteroatoms. The SMILES string of the molecule is Cc1cc(C)n(CCC(=O)NC(C)c2ncn[nH]2)n1. The lowest BCUT2D eigenvalue weighted by Gasteiger charge is -2.11. The van der Waals surface area contributed by atoms with E-state index in [-0.39, 0.29) is 11.9 Å². The molecule has 0 saturated heterocycles. The van der Waals surface area contributed by atoms with Crippen LogP contribution >= 0.6 is 0 Å². The van der Waals surface area contributed by atoms with Crippen molar-refractivity contribution in [1.29, 1.82) is 0 Å². The Balaban J connectivity index is 1.83. The number of nitrogens with zero attached hydrogens (tertiary/aromatic N) is 4. The molecule has 0 aliphatic carbocycles. The van der Waals surface area contributed by atoms with Gasteiger partial charge in [0.2, 0.25) is 5.91 Å². The van der Waals surface area contributed by atoms with E-state index in [4.69, 9.17) is 0 Å². The van der Waals surface area contributed by atoms with Crippen LogP contribution in [0.3, 0.4) is 0 Å². The van der Waals surface area contributed by atoms with Crippen molar-refractivity contribution in [3.63, 3.8) is 0 Å². The highest BCUT2D eigenvalue weighted by Crippen LogP contribution is 2.06. The van der Waals surface area contributed by atoms with Gasteiger partial charge in [-0.25, -0.2) is 4.98 Å². The molecule has 0 fully saturated rings. The molecule has 0 spiro atoms. The molecule has 1 atom stereocenters. The molecule has 1 amide bonds. The Morgan fingerprint density at radius 3 is 2.89 bits per heavy atom. The lowest BCUT2D eigenvalue weighted by molar-refractivity contribution is -0.122. The number of carbonyl (C=O) groups is 1. The number of rotatable bonds is 5. The maximum Gasteiger partial charge on any atom is 0.222 e. The fourth-order valence-electron chi connectivity index (χ4n) is 1.91. The Morgan fingerprint density at radius 1 is 1.53 bits per heavy atom. The van der Waals surface area contributed by atoms with Crippen LogP contribution < -0.4 is 5.32 Å². The third kappa shape index (κ3) is 3.40. The maximum absolute atomic E-state index is 11.8. The first-order valence-corrected chi connectivity index (χ1v) is 6.22. The van der Waals surface area contributed by atoms with Gasteiger partial charge in [-0.15, -0.1) is 0 Å². The lowest BCUT2D eigenvalue weighted by Crippen LogP contribution is -2.28. The van der Waals surface area contributed by atoms with Crippen LogP contribution in [0.2, 0.25) is 0 Å². The van der Waals surface area contributed by atoms with E-state index < -0.39 is 0 Å². The highest BCUT2D eigenvalue weighted by molar-refractivity contribution is 5.76. The van der Waals surface area contributed by atoms with Crippen LogP contribution in [0.25, 0.3) is 0 Å². The maximum atomic E-state index is 11.8. The van der Waals surface area contributed by atoms with Crippen LogP contribution in [0.15, 0.2) is 12.4 Å². The van der Waals surface area contributed by atoms with Gasteiger partial charge < -0.3 is 5.32 Å². The van der Waals surface area contributed by atoms with Crippen molar-refractivity contribution < 1.29 is 4.79 Å². The van der Waals surface area contributed by atoms with Gasteiger partial charge in [-0.3, -0.25) is 14.6 Å². The molecule has 1 unspecified atom stereocenters. The largest absolute Gasteiger partial charge is 0.346 e. The molecule has 2 rings (SSSR count). The second-order valence-corrected chi connectivity index (χ2v) is 4.56. The van der Waals surface area contributed by atoms with Gasteiger partial charge in [-0.2, -0.15) is 10.2 Å². The molecule has 7 nitrogen and oxygen atoms in total. The third-order valence-electron chi connectivity index (χ3n) is 2.88. The van der Waals surface area contributed by atoms with Crippen molar-refractivity contribution in [1.82, 2.24) is 30.3 Å². The highest BCUT2D eigenvalue weighted by atomic mass is 16.1. The van der Waals surface area contributed by atoms with Crippen LogP contribution in [0.1, 0.15) is 36.6 Å². The van der Waals surface area contributed by atoms with Crippen molar-refractivity contribution in [3.05, 3.63) is 29.6 Å². The molecule has 0 aromatic carbocycles. The molecular weight excluding hydrogens is 244 g/mol. The Morgan fingerprint density at radius 2 is 2.32 bits per heavy atom. The summed E-state index contributed by atoms with van der Waals surface area (Å²) < 4.78 is 1.84. The van der Waals surface area contributed by atoms with E-state index in [1.54, 1.807) is 0 Å². The van der Waals surface area contributed by atoms with E-state index in [1.807, 2.05) is 31.5 Å². The summed E-state index contributed by atoms with van der Waals surface area (Å²) in [4.78, 5) is 15.8. The minimum absolute atomic E-state index is 0.0311. The monoisotopic (exact) mass is 262 g/mol. The van der Waals surface area contributed by atoms with Crippen molar-refractivity contribution in [2.75, 3.05) is 0 Å². The lowest BCUT2D eigenvalue weighted by atomic mass is 10.3. The number of H-pyrrole nitrogens is 1. The number of aromatic amines is 1. The summed E-state index contributed by atoms with van der Waals surface area (Å²) in [5, 5.41) is 13.7. The zero-order valence-corrected chi connectivity index (χ0v) is 11.3. The average molecular weight is 262 g/mol. The van der Waals surface area contributed by atoms with Gasteiger partial charge in [-0.1, -0.05) is 0 Å². The Hall–Kier alpha value is -2.18. The Kier molecular flexibility index (Phi) is 3.94. The van der Waals surface area contributed by atoms with Crippen molar-refractivity contribution in [2.24, 2.45) is 0 Å². The molecule has 19 heavy (non-hydrogen) atoms. The van der Waals surface area contributed by atoms with Crippen molar-refractivity contribution in [2.45, 2.75) is 39.8 Å². The first-order valence-electron chi connectivity index (χ1n) is 6.22. The summed E-state index contributed by atoms with van der Waals surface area (Å²) in [5.74, 6) is 0.621. The number of aromatic nitrogens is 5. The summed E-state index contributed by atoms with van der Waals surface area (Å²) in [6.45, 7) is 6.36. The molecule has 0 aliphatic heterocycles. The number of aryl methyl sites for hydroxylation is 3. The van der Waals surface area contributed by atoms with Gasteiger partial charge in [0.15, 0.2) is 0 Å². The molecule has 2 aromatic rings. The normalized spacial score (nSPS) is 12.4. The standard InChI is InChI=1S/C12H18N6O/c1-8-6-9(2)18(17-8)5-4-11(19)15-10(3)12-13-7-14-16-12/h6-7,10H,4-5H2,1-3H3,(H,15,19)(H,13,14,16). The zero-order chi connectivity index (χ0) is 13.8. The number of hydrogen-bond acceptors (Lipinski definition) is 4. The minimum atomic E-state index is -0.171. The third-order valence-corrected chi connectivity index (χ3v) is 2.88. The number of nitrogens with one attached hydrogen (secondary N) is 2. The van der Waals surface area contributed by atoms with Crippen LogP contribution in [0.5, 0.6) is 0 Å². The first-order chi connectivity index (χ1) is 9.06. The molecule has 2 N–H and O–H groups in total. The van der Waals surface area contributed by atoms with Crippen molar-refractivity contribution in [3.8, 4) is 0 Å².